The van der Waals surface area contributed by atoms with Gasteiger partial charge in [0, 0.05) is 12.8 Å². The van der Waals surface area contributed by atoms with Crippen LogP contribution in [0.15, 0.2) is 24.4 Å². The molecule has 0 aliphatic carbocycles. The number of pyridine rings is 1. The molecule has 0 spiro atoms. The third kappa shape index (κ3) is 2.26. The van der Waals surface area contributed by atoms with Gasteiger partial charge in [0.1, 0.15) is 0 Å². The van der Waals surface area contributed by atoms with E-state index in [0.717, 1.165) is 31.9 Å². The minimum Gasteiger partial charge on any atom is -0.379 e. The van der Waals surface area contributed by atoms with Gasteiger partial charge in [-0.2, -0.15) is 0 Å². The molecular weight excluding hydrogens is 164 g/mol. The zero-order valence-electron chi connectivity index (χ0n) is 7.57. The first-order valence-electron chi connectivity index (χ1n) is 4.69. The van der Waals surface area contributed by atoms with Gasteiger partial charge in [-0.05, 0) is 25.1 Å². The van der Waals surface area contributed by atoms with E-state index in [4.69, 9.17) is 4.74 Å². The van der Waals surface area contributed by atoms with E-state index in [0.29, 0.717) is 0 Å². The minimum atomic E-state index is 0.267. The summed E-state index contributed by atoms with van der Waals surface area (Å²) in [5.74, 6) is 0. The molecule has 1 fully saturated rings. The number of rotatable bonds is 1. The average molecular weight is 178 g/mol. The topological polar surface area (TPSA) is 34.1 Å². The maximum atomic E-state index is 5.46. The van der Waals surface area contributed by atoms with Crippen LogP contribution in [0.3, 0.4) is 0 Å². The van der Waals surface area contributed by atoms with Crippen molar-refractivity contribution in [3.63, 3.8) is 0 Å². The number of hydrogen-bond donors (Lipinski definition) is 1. The van der Waals surface area contributed by atoms with Gasteiger partial charge in [-0.1, -0.05) is 6.07 Å². The van der Waals surface area contributed by atoms with Gasteiger partial charge in [0.15, 0.2) is 0 Å². The smallest absolute Gasteiger partial charge is 0.0732 e. The summed E-state index contributed by atoms with van der Waals surface area (Å²) in [6.07, 6.45) is 2.91. The molecule has 1 aliphatic rings. The molecule has 1 saturated heterocycles. The number of nitrogens with one attached hydrogen (secondary N) is 1. The Morgan fingerprint density at radius 2 is 2.46 bits per heavy atom. The summed E-state index contributed by atoms with van der Waals surface area (Å²) < 4.78 is 5.46. The van der Waals surface area contributed by atoms with E-state index >= 15 is 0 Å². The van der Waals surface area contributed by atoms with Gasteiger partial charge >= 0.3 is 0 Å². The van der Waals surface area contributed by atoms with E-state index < -0.39 is 0 Å². The van der Waals surface area contributed by atoms with Crippen molar-refractivity contribution in [1.29, 1.82) is 0 Å². The molecule has 0 unspecified atom stereocenters. The highest BCUT2D eigenvalue weighted by Gasteiger charge is 2.14. The summed E-state index contributed by atoms with van der Waals surface area (Å²) in [4.78, 5) is 4.30. The standard InChI is InChI=1S/C10H14N2O/c1-2-5-11-9(4-1)10-8-13-7-3-6-12-10/h1-2,4-5,10,12H,3,6-8H2/t10-/m0/s1. The van der Waals surface area contributed by atoms with Gasteiger partial charge < -0.3 is 10.1 Å². The Balaban J connectivity index is 2.06. The second-order valence-corrected chi connectivity index (χ2v) is 3.19. The van der Waals surface area contributed by atoms with Crippen LogP contribution in [0.25, 0.3) is 0 Å². The monoisotopic (exact) mass is 178 g/mol. The SMILES string of the molecule is c1ccc([C@@H]2COCCCN2)nc1. The third-order valence-corrected chi connectivity index (χ3v) is 2.19. The Hall–Kier alpha value is -0.930. The Morgan fingerprint density at radius 1 is 1.46 bits per heavy atom. The van der Waals surface area contributed by atoms with Crippen molar-refractivity contribution in [2.24, 2.45) is 0 Å². The summed E-state index contributed by atoms with van der Waals surface area (Å²) in [6.45, 7) is 2.61. The fraction of sp³-hybridized carbons (Fsp3) is 0.500. The largest absolute Gasteiger partial charge is 0.379 e. The van der Waals surface area contributed by atoms with E-state index in [9.17, 15) is 0 Å². The first-order chi connectivity index (χ1) is 6.47. The van der Waals surface area contributed by atoms with Crippen molar-refractivity contribution in [2.75, 3.05) is 19.8 Å². The van der Waals surface area contributed by atoms with E-state index in [2.05, 4.69) is 10.3 Å². The second-order valence-electron chi connectivity index (χ2n) is 3.19. The lowest BCUT2D eigenvalue weighted by Crippen LogP contribution is -2.24. The molecule has 2 heterocycles. The predicted molar refractivity (Wildman–Crippen MR) is 50.4 cm³/mol. The third-order valence-electron chi connectivity index (χ3n) is 2.19. The van der Waals surface area contributed by atoms with Crippen LogP contribution in [0.1, 0.15) is 18.2 Å². The van der Waals surface area contributed by atoms with Crippen LogP contribution in [-0.2, 0) is 4.74 Å². The molecule has 1 aromatic heterocycles. The van der Waals surface area contributed by atoms with Crippen molar-refractivity contribution >= 4 is 0 Å². The number of ether oxygens (including phenoxy) is 1. The van der Waals surface area contributed by atoms with E-state index in [1.165, 1.54) is 0 Å². The molecule has 0 saturated carbocycles. The van der Waals surface area contributed by atoms with Crippen molar-refractivity contribution in [3.05, 3.63) is 30.1 Å². The molecule has 1 aliphatic heterocycles. The maximum absolute atomic E-state index is 5.46. The van der Waals surface area contributed by atoms with Crippen LogP contribution < -0.4 is 5.32 Å². The molecule has 3 nitrogen and oxygen atoms in total. The molecule has 0 radical (unpaired) electrons. The summed E-state index contributed by atoms with van der Waals surface area (Å²) in [6, 6.07) is 6.24. The van der Waals surface area contributed by atoms with Crippen LogP contribution in [0.5, 0.6) is 0 Å². The summed E-state index contributed by atoms with van der Waals surface area (Å²) in [5.41, 5.74) is 1.07. The highest BCUT2D eigenvalue weighted by atomic mass is 16.5. The molecule has 1 aromatic rings. The molecule has 13 heavy (non-hydrogen) atoms. The lowest BCUT2D eigenvalue weighted by Gasteiger charge is -2.13. The van der Waals surface area contributed by atoms with Gasteiger partial charge in [0.05, 0.1) is 18.3 Å². The first-order valence-corrected chi connectivity index (χ1v) is 4.69. The fourth-order valence-electron chi connectivity index (χ4n) is 1.48. The van der Waals surface area contributed by atoms with E-state index in [1.807, 2.05) is 24.4 Å². The molecule has 70 valence electrons. The summed E-state index contributed by atoms with van der Waals surface area (Å²) in [5, 5.41) is 3.41. The Morgan fingerprint density at radius 3 is 3.31 bits per heavy atom. The van der Waals surface area contributed by atoms with Crippen LogP contribution in [-0.4, -0.2) is 24.7 Å². The van der Waals surface area contributed by atoms with Crippen molar-refractivity contribution < 1.29 is 4.74 Å². The molecule has 0 bridgehead atoms. The van der Waals surface area contributed by atoms with Gasteiger partial charge in [-0.15, -0.1) is 0 Å². The summed E-state index contributed by atoms with van der Waals surface area (Å²) in [7, 11) is 0. The first kappa shape index (κ1) is 8.66. The van der Waals surface area contributed by atoms with Crippen molar-refractivity contribution in [2.45, 2.75) is 12.5 Å². The average Bonchev–Trinajstić information content (AvgIpc) is 2.47. The number of hydrogen-bond acceptors (Lipinski definition) is 3. The Kier molecular flexibility index (Phi) is 2.90. The zero-order chi connectivity index (χ0) is 8.93. The van der Waals surface area contributed by atoms with Gasteiger partial charge in [-0.3, -0.25) is 4.98 Å². The molecule has 1 N–H and O–H groups in total. The molecule has 2 rings (SSSR count). The molecule has 1 atom stereocenters. The highest BCUT2D eigenvalue weighted by molar-refractivity contribution is 5.08. The fourth-order valence-corrected chi connectivity index (χ4v) is 1.48. The van der Waals surface area contributed by atoms with Gasteiger partial charge in [0.2, 0.25) is 0 Å². The van der Waals surface area contributed by atoms with E-state index in [-0.39, 0.29) is 6.04 Å². The van der Waals surface area contributed by atoms with Crippen LogP contribution in [0.2, 0.25) is 0 Å². The molecule has 3 heteroatoms. The number of aromatic nitrogens is 1. The predicted octanol–water partition coefficient (Wildman–Crippen LogP) is 1.13. The van der Waals surface area contributed by atoms with Crippen LogP contribution in [0, 0.1) is 0 Å². The van der Waals surface area contributed by atoms with Crippen molar-refractivity contribution in [3.8, 4) is 0 Å². The highest BCUT2D eigenvalue weighted by Crippen LogP contribution is 2.11. The lowest BCUT2D eigenvalue weighted by molar-refractivity contribution is 0.130. The minimum absolute atomic E-state index is 0.267. The second kappa shape index (κ2) is 4.35. The van der Waals surface area contributed by atoms with E-state index in [1.54, 1.807) is 0 Å². The Bertz CT molecular complexity index is 242. The van der Waals surface area contributed by atoms with Crippen molar-refractivity contribution in [1.82, 2.24) is 10.3 Å². The Labute approximate surface area is 78.1 Å². The lowest BCUT2D eigenvalue weighted by atomic mass is 10.2. The summed E-state index contributed by atoms with van der Waals surface area (Å²) >= 11 is 0. The van der Waals surface area contributed by atoms with Crippen LogP contribution >= 0.6 is 0 Å². The van der Waals surface area contributed by atoms with Gasteiger partial charge in [-0.25, -0.2) is 0 Å². The zero-order valence-corrected chi connectivity index (χ0v) is 7.57. The van der Waals surface area contributed by atoms with Gasteiger partial charge in [0.25, 0.3) is 0 Å². The number of nitrogens with zero attached hydrogens (tertiary/aromatic N) is 1. The normalized spacial score (nSPS) is 23.8. The molecular formula is C10H14N2O. The maximum Gasteiger partial charge on any atom is 0.0732 e. The van der Waals surface area contributed by atoms with Crippen LogP contribution in [0.4, 0.5) is 0 Å². The quantitative estimate of drug-likeness (QED) is 0.700. The molecule has 0 amide bonds. The molecule has 0 aromatic carbocycles.